The molecular formula is C14H19BrN2O2. The maximum absolute atomic E-state index is 11.3. The van der Waals surface area contributed by atoms with E-state index in [-0.39, 0.29) is 5.91 Å². The summed E-state index contributed by atoms with van der Waals surface area (Å²) in [5.41, 5.74) is 1.98. The van der Waals surface area contributed by atoms with Crippen LogP contribution in [-0.4, -0.2) is 42.1 Å². The SMILES string of the molecule is CC(=O)N1CCN(c2cc(Br)ccc2C(C)O)CC1. The topological polar surface area (TPSA) is 43.8 Å². The van der Waals surface area contributed by atoms with Gasteiger partial charge in [0, 0.05) is 48.8 Å². The van der Waals surface area contributed by atoms with Gasteiger partial charge < -0.3 is 14.9 Å². The van der Waals surface area contributed by atoms with Crippen LogP contribution in [0.5, 0.6) is 0 Å². The molecular weight excluding hydrogens is 308 g/mol. The summed E-state index contributed by atoms with van der Waals surface area (Å²) in [6.07, 6.45) is -0.492. The van der Waals surface area contributed by atoms with Gasteiger partial charge in [-0.25, -0.2) is 0 Å². The van der Waals surface area contributed by atoms with Crippen LogP contribution >= 0.6 is 15.9 Å². The lowest BCUT2D eigenvalue weighted by Crippen LogP contribution is -2.48. The Morgan fingerprint density at radius 3 is 2.47 bits per heavy atom. The quantitative estimate of drug-likeness (QED) is 0.905. The normalized spacial score (nSPS) is 17.5. The Bertz CT molecular complexity index is 469. The van der Waals surface area contributed by atoms with Gasteiger partial charge in [0.05, 0.1) is 6.10 Å². The number of aliphatic hydroxyl groups is 1. The molecule has 0 aromatic heterocycles. The molecule has 1 aliphatic rings. The molecule has 1 heterocycles. The Hall–Kier alpha value is -1.07. The molecule has 1 fully saturated rings. The molecule has 2 rings (SSSR count). The number of carbonyl (C=O) groups is 1. The molecule has 0 bridgehead atoms. The number of halogens is 1. The van der Waals surface area contributed by atoms with Crippen LogP contribution in [0.3, 0.4) is 0 Å². The lowest BCUT2D eigenvalue weighted by molar-refractivity contribution is -0.129. The number of rotatable bonds is 2. The largest absolute Gasteiger partial charge is 0.389 e. The Morgan fingerprint density at radius 1 is 1.32 bits per heavy atom. The van der Waals surface area contributed by atoms with Crippen molar-refractivity contribution in [2.75, 3.05) is 31.1 Å². The van der Waals surface area contributed by atoms with Crippen LogP contribution in [-0.2, 0) is 4.79 Å². The number of carbonyl (C=O) groups excluding carboxylic acids is 1. The number of benzene rings is 1. The molecule has 1 aliphatic heterocycles. The van der Waals surface area contributed by atoms with Crippen LogP contribution in [0.2, 0.25) is 0 Å². The zero-order valence-electron chi connectivity index (χ0n) is 11.3. The van der Waals surface area contributed by atoms with Crippen LogP contribution in [0.4, 0.5) is 5.69 Å². The summed E-state index contributed by atoms with van der Waals surface area (Å²) in [6.45, 7) is 6.46. The summed E-state index contributed by atoms with van der Waals surface area (Å²) < 4.78 is 1.00. The highest BCUT2D eigenvalue weighted by molar-refractivity contribution is 9.10. The average Bonchev–Trinajstić information content (AvgIpc) is 2.38. The van der Waals surface area contributed by atoms with E-state index in [9.17, 15) is 9.90 Å². The Morgan fingerprint density at radius 2 is 1.95 bits per heavy atom. The van der Waals surface area contributed by atoms with Crippen LogP contribution in [0.25, 0.3) is 0 Å². The van der Waals surface area contributed by atoms with Gasteiger partial charge in [-0.15, -0.1) is 0 Å². The molecule has 0 aliphatic carbocycles. The smallest absolute Gasteiger partial charge is 0.219 e. The van der Waals surface area contributed by atoms with E-state index in [0.717, 1.165) is 41.9 Å². The molecule has 1 aromatic rings. The van der Waals surface area contributed by atoms with E-state index in [1.165, 1.54) is 0 Å². The molecule has 4 nitrogen and oxygen atoms in total. The molecule has 104 valence electrons. The van der Waals surface area contributed by atoms with Crippen molar-refractivity contribution in [1.29, 1.82) is 0 Å². The maximum Gasteiger partial charge on any atom is 0.219 e. The molecule has 0 saturated carbocycles. The van der Waals surface area contributed by atoms with E-state index in [2.05, 4.69) is 20.8 Å². The van der Waals surface area contributed by atoms with Crippen molar-refractivity contribution in [3.05, 3.63) is 28.2 Å². The van der Waals surface area contributed by atoms with Crippen LogP contribution < -0.4 is 4.90 Å². The third-order valence-electron chi connectivity index (χ3n) is 3.51. The van der Waals surface area contributed by atoms with E-state index in [1.807, 2.05) is 23.1 Å². The molecule has 0 spiro atoms. The molecule has 1 atom stereocenters. The maximum atomic E-state index is 11.3. The summed E-state index contributed by atoms with van der Waals surface area (Å²) in [6, 6.07) is 5.92. The van der Waals surface area contributed by atoms with Gasteiger partial charge in [0.15, 0.2) is 0 Å². The molecule has 1 unspecified atom stereocenters. The first kappa shape index (κ1) is 14.3. The summed E-state index contributed by atoms with van der Waals surface area (Å²) in [7, 11) is 0. The summed E-state index contributed by atoms with van der Waals surface area (Å²) in [4.78, 5) is 15.4. The monoisotopic (exact) mass is 326 g/mol. The van der Waals surface area contributed by atoms with Gasteiger partial charge in [-0.2, -0.15) is 0 Å². The summed E-state index contributed by atoms with van der Waals surface area (Å²) in [5.74, 6) is 0.129. The van der Waals surface area contributed by atoms with Crippen molar-refractivity contribution in [2.45, 2.75) is 20.0 Å². The second-order valence-corrected chi connectivity index (χ2v) is 5.79. The third kappa shape index (κ3) is 3.28. The molecule has 1 saturated heterocycles. The Balaban J connectivity index is 2.19. The first-order valence-electron chi connectivity index (χ1n) is 6.47. The number of aliphatic hydroxyl groups excluding tert-OH is 1. The van der Waals surface area contributed by atoms with Crippen LogP contribution in [0.15, 0.2) is 22.7 Å². The molecule has 0 radical (unpaired) electrons. The first-order valence-corrected chi connectivity index (χ1v) is 7.26. The Kier molecular flexibility index (Phi) is 4.47. The molecule has 1 N–H and O–H groups in total. The van der Waals surface area contributed by atoms with Crippen molar-refractivity contribution in [2.24, 2.45) is 0 Å². The second-order valence-electron chi connectivity index (χ2n) is 4.87. The number of anilines is 1. The van der Waals surface area contributed by atoms with E-state index >= 15 is 0 Å². The standard InChI is InChI=1S/C14H19BrN2O2/c1-10(18)13-4-3-12(15)9-14(13)17-7-5-16(6-8-17)11(2)19/h3-4,9-10,18H,5-8H2,1-2H3. The van der Waals surface area contributed by atoms with Gasteiger partial charge in [-0.1, -0.05) is 22.0 Å². The lowest BCUT2D eigenvalue weighted by Gasteiger charge is -2.37. The minimum absolute atomic E-state index is 0.129. The fourth-order valence-corrected chi connectivity index (χ4v) is 2.76. The number of hydrogen-bond acceptors (Lipinski definition) is 3. The predicted octanol–water partition coefficient (Wildman–Crippen LogP) is 2.17. The molecule has 5 heteroatoms. The highest BCUT2D eigenvalue weighted by Crippen LogP contribution is 2.30. The highest BCUT2D eigenvalue weighted by Gasteiger charge is 2.21. The zero-order chi connectivity index (χ0) is 14.0. The zero-order valence-corrected chi connectivity index (χ0v) is 12.9. The second kappa shape index (κ2) is 5.92. The van der Waals surface area contributed by atoms with Crippen LogP contribution in [0, 0.1) is 0 Å². The number of hydrogen-bond donors (Lipinski definition) is 1. The summed E-state index contributed by atoms with van der Waals surface area (Å²) in [5, 5.41) is 9.86. The minimum atomic E-state index is -0.492. The molecule has 19 heavy (non-hydrogen) atoms. The molecule has 1 amide bonds. The number of nitrogens with zero attached hydrogens (tertiary/aromatic N) is 2. The van der Waals surface area contributed by atoms with E-state index in [0.29, 0.717) is 0 Å². The van der Waals surface area contributed by atoms with Gasteiger partial charge in [0.25, 0.3) is 0 Å². The highest BCUT2D eigenvalue weighted by atomic mass is 79.9. The van der Waals surface area contributed by atoms with Gasteiger partial charge >= 0.3 is 0 Å². The number of amides is 1. The Labute approximate surface area is 122 Å². The number of piperazine rings is 1. The molecule has 1 aromatic carbocycles. The predicted molar refractivity (Wildman–Crippen MR) is 79.2 cm³/mol. The van der Waals surface area contributed by atoms with Crippen molar-refractivity contribution in [3.63, 3.8) is 0 Å². The van der Waals surface area contributed by atoms with Gasteiger partial charge in [-0.05, 0) is 19.1 Å². The van der Waals surface area contributed by atoms with E-state index < -0.39 is 6.10 Å². The summed E-state index contributed by atoms with van der Waals surface area (Å²) >= 11 is 3.47. The lowest BCUT2D eigenvalue weighted by atomic mass is 10.1. The average molecular weight is 327 g/mol. The van der Waals surface area contributed by atoms with E-state index in [4.69, 9.17) is 0 Å². The van der Waals surface area contributed by atoms with Gasteiger partial charge in [0.2, 0.25) is 5.91 Å². The van der Waals surface area contributed by atoms with Crippen molar-refractivity contribution < 1.29 is 9.90 Å². The van der Waals surface area contributed by atoms with Crippen molar-refractivity contribution >= 4 is 27.5 Å². The van der Waals surface area contributed by atoms with Crippen molar-refractivity contribution in [1.82, 2.24) is 4.90 Å². The minimum Gasteiger partial charge on any atom is -0.389 e. The van der Waals surface area contributed by atoms with E-state index in [1.54, 1.807) is 13.8 Å². The fraction of sp³-hybridized carbons (Fsp3) is 0.500. The first-order chi connectivity index (χ1) is 8.99. The van der Waals surface area contributed by atoms with Gasteiger partial charge in [0.1, 0.15) is 0 Å². The van der Waals surface area contributed by atoms with Crippen LogP contribution in [0.1, 0.15) is 25.5 Å². The van der Waals surface area contributed by atoms with Crippen molar-refractivity contribution in [3.8, 4) is 0 Å². The third-order valence-corrected chi connectivity index (χ3v) is 4.00. The fourth-order valence-electron chi connectivity index (χ4n) is 2.41. The van der Waals surface area contributed by atoms with Gasteiger partial charge in [-0.3, -0.25) is 4.79 Å².